The Bertz CT molecular complexity index is 259. The fraction of sp³-hybridized carbons (Fsp3) is 0.571. The van der Waals surface area contributed by atoms with Gasteiger partial charge in [-0.05, 0) is 18.0 Å². The van der Waals surface area contributed by atoms with E-state index in [1.54, 1.807) is 0 Å². The monoisotopic (exact) mass is 338 g/mol. The van der Waals surface area contributed by atoms with Crippen molar-refractivity contribution < 1.29 is 9.47 Å². The van der Waals surface area contributed by atoms with Crippen LogP contribution in [0.4, 0.5) is 0 Å². The van der Waals surface area contributed by atoms with E-state index in [-0.39, 0.29) is 6.29 Å². The lowest BCUT2D eigenvalue weighted by Gasteiger charge is -2.08. The van der Waals surface area contributed by atoms with E-state index in [0.29, 0.717) is 13.2 Å². The van der Waals surface area contributed by atoms with E-state index in [1.807, 2.05) is 57.8 Å². The van der Waals surface area contributed by atoms with Crippen LogP contribution in [-0.2, 0) is 9.47 Å². The van der Waals surface area contributed by atoms with E-state index < -0.39 is 0 Å². The topological polar surface area (TPSA) is 18.5 Å². The molecule has 0 atom stereocenters. The number of halogens is 2. The summed E-state index contributed by atoms with van der Waals surface area (Å²) in [5.74, 6) is 1.81. The Hall–Kier alpha value is -0.0900. The van der Waals surface area contributed by atoms with E-state index in [4.69, 9.17) is 21.1 Å². The predicted molar refractivity (Wildman–Crippen MR) is 83.6 cm³/mol. The first-order chi connectivity index (χ1) is 8.86. The lowest BCUT2D eigenvalue weighted by atomic mass is 10.2. The normalized spacial score (nSPS) is 13.3. The summed E-state index contributed by atoms with van der Waals surface area (Å²) in [6, 6.07) is 7.50. The molecule has 1 aliphatic rings. The highest BCUT2D eigenvalue weighted by Gasteiger charge is 2.17. The van der Waals surface area contributed by atoms with Crippen molar-refractivity contribution in [1.29, 1.82) is 0 Å². The number of ether oxygens (including phenoxy) is 2. The number of hydrogen-bond acceptors (Lipinski definition) is 2. The highest BCUT2D eigenvalue weighted by molar-refractivity contribution is 9.08. The Morgan fingerprint density at radius 3 is 1.72 bits per heavy atom. The maximum Gasteiger partial charge on any atom is 0.184 e. The number of hydrogen-bond donors (Lipinski definition) is 0. The largest absolute Gasteiger partial charge is 0.346 e. The Balaban J connectivity index is 0. The van der Waals surface area contributed by atoms with Gasteiger partial charge in [0.1, 0.15) is 0 Å². The molecule has 0 aromatic heterocycles. The van der Waals surface area contributed by atoms with Crippen molar-refractivity contribution in [3.8, 4) is 0 Å². The molecular formula is C14H24BrClO2. The van der Waals surface area contributed by atoms with Gasteiger partial charge >= 0.3 is 0 Å². The zero-order chi connectivity index (χ0) is 14.4. The van der Waals surface area contributed by atoms with Gasteiger partial charge in [-0.15, -0.1) is 0 Å². The molecule has 0 aliphatic carbocycles. The smallest absolute Gasteiger partial charge is 0.184 e. The van der Waals surface area contributed by atoms with Crippen LogP contribution in [0, 0.1) is 0 Å². The minimum atomic E-state index is -0.192. The van der Waals surface area contributed by atoms with Gasteiger partial charge in [0.15, 0.2) is 6.29 Å². The van der Waals surface area contributed by atoms with Crippen molar-refractivity contribution in [2.45, 2.75) is 34.0 Å². The predicted octanol–water partition coefficient (Wildman–Crippen LogP) is 5.45. The van der Waals surface area contributed by atoms with Gasteiger partial charge < -0.3 is 9.47 Å². The molecule has 0 unspecified atom stereocenters. The second-order valence-corrected chi connectivity index (χ2v) is 3.06. The average molecular weight is 340 g/mol. The van der Waals surface area contributed by atoms with Gasteiger partial charge in [0.05, 0.1) is 13.2 Å². The van der Waals surface area contributed by atoms with Crippen LogP contribution in [0.3, 0.4) is 0 Å². The summed E-state index contributed by atoms with van der Waals surface area (Å²) in [4.78, 5) is 0. The molecule has 4 heteroatoms. The molecule has 1 heterocycles. The van der Waals surface area contributed by atoms with Gasteiger partial charge in [0.2, 0.25) is 0 Å². The fourth-order valence-electron chi connectivity index (χ4n) is 1.17. The first-order valence-corrected chi connectivity index (χ1v) is 8.19. The lowest BCUT2D eigenvalue weighted by molar-refractivity contribution is -0.0441. The fourth-order valence-corrected chi connectivity index (χ4v) is 1.30. The Labute approximate surface area is 125 Å². The van der Waals surface area contributed by atoms with Crippen molar-refractivity contribution in [3.05, 3.63) is 34.9 Å². The zero-order valence-corrected chi connectivity index (χ0v) is 14.2. The van der Waals surface area contributed by atoms with Crippen LogP contribution in [0.5, 0.6) is 0 Å². The van der Waals surface area contributed by atoms with E-state index >= 15 is 0 Å². The van der Waals surface area contributed by atoms with Gasteiger partial charge in [-0.25, -0.2) is 0 Å². The molecule has 0 bridgehead atoms. The van der Waals surface area contributed by atoms with E-state index in [0.717, 1.165) is 10.6 Å². The lowest BCUT2D eigenvalue weighted by Crippen LogP contribution is -1.96. The third-order valence-electron chi connectivity index (χ3n) is 1.76. The van der Waals surface area contributed by atoms with E-state index in [1.165, 1.54) is 0 Å². The molecule has 1 saturated heterocycles. The SMILES string of the molecule is CBr.CC.CC.Clc1ccc(C2OCCO2)cc1. The van der Waals surface area contributed by atoms with Crippen molar-refractivity contribution in [2.75, 3.05) is 19.0 Å². The average Bonchev–Trinajstić information content (AvgIpc) is 3.00. The maximum atomic E-state index is 5.74. The molecule has 106 valence electrons. The standard InChI is InChI=1S/C9H9ClO2.2C2H6.CH3Br/c10-8-3-1-7(2-4-8)9-11-5-6-12-9;3*1-2/h1-4,9H,5-6H2;2*1-2H3;1H3. The summed E-state index contributed by atoms with van der Waals surface area (Å²) in [5, 5.41) is 0.733. The van der Waals surface area contributed by atoms with Gasteiger partial charge in [0, 0.05) is 10.6 Å². The molecule has 0 amide bonds. The molecular weight excluding hydrogens is 316 g/mol. The molecule has 18 heavy (non-hydrogen) atoms. The van der Waals surface area contributed by atoms with Gasteiger partial charge in [0.25, 0.3) is 0 Å². The van der Waals surface area contributed by atoms with E-state index in [2.05, 4.69) is 15.9 Å². The van der Waals surface area contributed by atoms with Crippen molar-refractivity contribution in [3.63, 3.8) is 0 Å². The molecule has 0 N–H and O–H groups in total. The van der Waals surface area contributed by atoms with Gasteiger partial charge in [-0.3, -0.25) is 0 Å². The summed E-state index contributed by atoms with van der Waals surface area (Å²) < 4.78 is 10.6. The molecule has 1 aromatic carbocycles. The van der Waals surface area contributed by atoms with Crippen LogP contribution >= 0.6 is 27.5 Å². The molecule has 1 fully saturated rings. The van der Waals surface area contributed by atoms with Crippen molar-refractivity contribution in [2.24, 2.45) is 0 Å². The zero-order valence-electron chi connectivity index (χ0n) is 11.9. The quantitative estimate of drug-likeness (QED) is 0.633. The molecule has 2 rings (SSSR count). The minimum absolute atomic E-state index is 0.192. The van der Waals surface area contributed by atoms with Crippen LogP contribution in [0.15, 0.2) is 24.3 Å². The second-order valence-electron chi connectivity index (χ2n) is 2.63. The summed E-state index contributed by atoms with van der Waals surface area (Å²) in [6.45, 7) is 9.35. The van der Waals surface area contributed by atoms with Crippen LogP contribution in [0.25, 0.3) is 0 Å². The van der Waals surface area contributed by atoms with Crippen molar-refractivity contribution in [1.82, 2.24) is 0 Å². The first kappa shape index (κ1) is 20.2. The van der Waals surface area contributed by atoms with Crippen LogP contribution < -0.4 is 0 Å². The number of rotatable bonds is 1. The molecule has 1 aromatic rings. The Morgan fingerprint density at radius 1 is 0.944 bits per heavy atom. The minimum Gasteiger partial charge on any atom is -0.346 e. The van der Waals surface area contributed by atoms with Gasteiger partial charge in [-0.2, -0.15) is 0 Å². The maximum absolute atomic E-state index is 5.74. The van der Waals surface area contributed by atoms with Crippen LogP contribution in [0.2, 0.25) is 5.02 Å². The van der Waals surface area contributed by atoms with Crippen molar-refractivity contribution >= 4 is 27.5 Å². The van der Waals surface area contributed by atoms with Crippen LogP contribution in [-0.4, -0.2) is 19.0 Å². The molecule has 0 radical (unpaired) electrons. The molecule has 1 aliphatic heterocycles. The summed E-state index contributed by atoms with van der Waals surface area (Å²) in [5.41, 5.74) is 1.02. The highest BCUT2D eigenvalue weighted by atomic mass is 79.9. The molecule has 0 saturated carbocycles. The third kappa shape index (κ3) is 8.09. The summed E-state index contributed by atoms with van der Waals surface area (Å²) in [6.07, 6.45) is -0.192. The second kappa shape index (κ2) is 15.0. The van der Waals surface area contributed by atoms with Crippen LogP contribution in [0.1, 0.15) is 39.5 Å². The summed E-state index contributed by atoms with van der Waals surface area (Å²) in [7, 11) is 0. The molecule has 2 nitrogen and oxygen atoms in total. The Kier molecular flexibility index (Phi) is 16.8. The van der Waals surface area contributed by atoms with Gasteiger partial charge in [-0.1, -0.05) is 67.4 Å². The highest BCUT2D eigenvalue weighted by Crippen LogP contribution is 2.23. The molecule has 0 spiro atoms. The third-order valence-corrected chi connectivity index (χ3v) is 2.02. The number of benzene rings is 1. The van der Waals surface area contributed by atoms with E-state index in [9.17, 15) is 0 Å². The number of alkyl halides is 1. The Morgan fingerprint density at radius 2 is 1.33 bits per heavy atom. The first-order valence-electron chi connectivity index (χ1n) is 6.23. The summed E-state index contributed by atoms with van der Waals surface area (Å²) >= 11 is 8.67.